The van der Waals surface area contributed by atoms with Gasteiger partial charge in [0.2, 0.25) is 0 Å². The fraction of sp³-hybridized carbons (Fsp3) is 0.0833. The van der Waals surface area contributed by atoms with Crippen molar-refractivity contribution in [3.05, 3.63) is 45.6 Å². The largest absolute Gasteiger partial charge is 0.397 e. The van der Waals surface area contributed by atoms with Crippen molar-refractivity contribution in [2.45, 2.75) is 6.42 Å². The van der Waals surface area contributed by atoms with E-state index in [1.807, 2.05) is 6.07 Å². The van der Waals surface area contributed by atoms with Gasteiger partial charge in [-0.25, -0.2) is 0 Å². The standard InChI is InChI=1S/C12H10N2S2/c13-10-3-4-14-11-7-9(16-12(10)11)6-8-2-1-5-15-8/h1-5,7H,6H2,(H2,13,14). The van der Waals surface area contributed by atoms with Crippen molar-refractivity contribution < 1.29 is 0 Å². The molecule has 80 valence electrons. The zero-order chi connectivity index (χ0) is 11.0. The highest BCUT2D eigenvalue weighted by Crippen LogP contribution is 2.30. The maximum Gasteiger partial charge on any atom is 0.0833 e. The Bertz CT molecular complexity index is 611. The second-order valence-electron chi connectivity index (χ2n) is 3.58. The predicted octanol–water partition coefficient (Wildman–Crippen LogP) is 3.53. The van der Waals surface area contributed by atoms with Crippen LogP contribution in [0.2, 0.25) is 0 Å². The summed E-state index contributed by atoms with van der Waals surface area (Å²) in [5, 5.41) is 2.11. The van der Waals surface area contributed by atoms with Crippen LogP contribution in [0.4, 0.5) is 5.69 Å². The minimum atomic E-state index is 0.826. The Balaban J connectivity index is 2.02. The molecule has 16 heavy (non-hydrogen) atoms. The van der Waals surface area contributed by atoms with Crippen LogP contribution in [0.3, 0.4) is 0 Å². The summed E-state index contributed by atoms with van der Waals surface area (Å²) in [7, 11) is 0. The summed E-state index contributed by atoms with van der Waals surface area (Å²) in [6.45, 7) is 0. The van der Waals surface area contributed by atoms with Crippen molar-refractivity contribution in [2.75, 3.05) is 5.73 Å². The van der Waals surface area contributed by atoms with Gasteiger partial charge < -0.3 is 5.73 Å². The van der Waals surface area contributed by atoms with Crippen molar-refractivity contribution in [2.24, 2.45) is 0 Å². The fourth-order valence-corrected chi connectivity index (χ4v) is 3.56. The van der Waals surface area contributed by atoms with E-state index in [4.69, 9.17) is 5.73 Å². The molecule has 3 heterocycles. The number of pyridine rings is 1. The van der Waals surface area contributed by atoms with Crippen LogP contribution in [0.25, 0.3) is 10.2 Å². The molecule has 4 heteroatoms. The summed E-state index contributed by atoms with van der Waals surface area (Å²) >= 11 is 3.53. The molecule has 3 rings (SSSR count). The number of nitrogens with zero attached hydrogens (tertiary/aromatic N) is 1. The molecular weight excluding hydrogens is 236 g/mol. The van der Waals surface area contributed by atoms with Gasteiger partial charge in [0.15, 0.2) is 0 Å². The minimum absolute atomic E-state index is 0.826. The smallest absolute Gasteiger partial charge is 0.0833 e. The molecule has 0 spiro atoms. The van der Waals surface area contributed by atoms with Gasteiger partial charge in [0.05, 0.1) is 15.9 Å². The van der Waals surface area contributed by atoms with Crippen LogP contribution in [0.1, 0.15) is 9.75 Å². The summed E-state index contributed by atoms with van der Waals surface area (Å²) in [5.74, 6) is 0. The van der Waals surface area contributed by atoms with Crippen LogP contribution in [-0.2, 0) is 6.42 Å². The highest BCUT2D eigenvalue weighted by Gasteiger charge is 2.06. The van der Waals surface area contributed by atoms with Gasteiger partial charge in [-0.15, -0.1) is 22.7 Å². The maximum atomic E-state index is 5.92. The van der Waals surface area contributed by atoms with E-state index in [0.717, 1.165) is 22.3 Å². The number of nitrogens with two attached hydrogens (primary N) is 1. The summed E-state index contributed by atoms with van der Waals surface area (Å²) in [5.41, 5.74) is 7.75. The van der Waals surface area contributed by atoms with Gasteiger partial charge in [-0.2, -0.15) is 0 Å². The second kappa shape index (κ2) is 3.88. The van der Waals surface area contributed by atoms with E-state index in [9.17, 15) is 0 Å². The lowest BCUT2D eigenvalue weighted by Gasteiger charge is -1.92. The van der Waals surface area contributed by atoms with E-state index in [0.29, 0.717) is 0 Å². The van der Waals surface area contributed by atoms with Crippen LogP contribution in [-0.4, -0.2) is 4.98 Å². The number of nitrogen functional groups attached to an aromatic ring is 1. The second-order valence-corrected chi connectivity index (χ2v) is 5.75. The number of fused-ring (bicyclic) bond motifs is 1. The lowest BCUT2D eigenvalue weighted by atomic mass is 10.3. The molecule has 0 aliphatic carbocycles. The third kappa shape index (κ3) is 1.70. The Morgan fingerprint density at radius 1 is 1.25 bits per heavy atom. The number of thiophene rings is 2. The third-order valence-electron chi connectivity index (χ3n) is 2.42. The fourth-order valence-electron chi connectivity index (χ4n) is 1.68. The van der Waals surface area contributed by atoms with Crippen molar-refractivity contribution in [3.63, 3.8) is 0 Å². The van der Waals surface area contributed by atoms with Gasteiger partial charge in [0.25, 0.3) is 0 Å². The third-order valence-corrected chi connectivity index (χ3v) is 4.47. The number of rotatable bonds is 2. The average Bonchev–Trinajstić information content (AvgIpc) is 2.88. The summed E-state index contributed by atoms with van der Waals surface area (Å²) in [6.07, 6.45) is 2.75. The first-order chi connectivity index (χ1) is 7.83. The van der Waals surface area contributed by atoms with E-state index in [1.165, 1.54) is 9.75 Å². The monoisotopic (exact) mass is 246 g/mol. The van der Waals surface area contributed by atoms with Gasteiger partial charge in [0, 0.05) is 22.4 Å². The quantitative estimate of drug-likeness (QED) is 0.751. The Labute approximate surface area is 101 Å². The van der Waals surface area contributed by atoms with Crippen LogP contribution in [0.15, 0.2) is 35.8 Å². The molecular formula is C12H10N2S2. The first kappa shape index (κ1) is 9.81. The van der Waals surface area contributed by atoms with Crippen LogP contribution in [0, 0.1) is 0 Å². The first-order valence-electron chi connectivity index (χ1n) is 4.98. The molecule has 0 aliphatic rings. The van der Waals surface area contributed by atoms with Crippen molar-refractivity contribution in [1.82, 2.24) is 4.98 Å². The van der Waals surface area contributed by atoms with Crippen molar-refractivity contribution in [3.8, 4) is 0 Å². The Morgan fingerprint density at radius 3 is 2.94 bits per heavy atom. The number of anilines is 1. The van der Waals surface area contributed by atoms with Gasteiger partial charge in [-0.05, 0) is 23.6 Å². The summed E-state index contributed by atoms with van der Waals surface area (Å²) < 4.78 is 1.11. The first-order valence-corrected chi connectivity index (χ1v) is 6.68. The van der Waals surface area contributed by atoms with Crippen LogP contribution >= 0.6 is 22.7 Å². The number of hydrogen-bond donors (Lipinski definition) is 1. The highest BCUT2D eigenvalue weighted by molar-refractivity contribution is 7.19. The number of hydrogen-bond acceptors (Lipinski definition) is 4. The van der Waals surface area contributed by atoms with E-state index in [-0.39, 0.29) is 0 Å². The van der Waals surface area contributed by atoms with E-state index in [1.54, 1.807) is 28.9 Å². The zero-order valence-corrected chi connectivity index (χ0v) is 10.1. The minimum Gasteiger partial charge on any atom is -0.397 e. The molecule has 2 nitrogen and oxygen atoms in total. The molecule has 0 aromatic carbocycles. The van der Waals surface area contributed by atoms with E-state index >= 15 is 0 Å². The molecule has 0 radical (unpaired) electrons. The van der Waals surface area contributed by atoms with Gasteiger partial charge in [-0.3, -0.25) is 4.98 Å². The average molecular weight is 246 g/mol. The molecule has 0 amide bonds. The molecule has 0 saturated carbocycles. The molecule has 3 aromatic heterocycles. The lowest BCUT2D eigenvalue weighted by Crippen LogP contribution is -1.83. The maximum absolute atomic E-state index is 5.92. The Morgan fingerprint density at radius 2 is 2.19 bits per heavy atom. The predicted molar refractivity (Wildman–Crippen MR) is 71.2 cm³/mol. The van der Waals surface area contributed by atoms with Crippen molar-refractivity contribution >= 4 is 38.6 Å². The van der Waals surface area contributed by atoms with Crippen molar-refractivity contribution in [1.29, 1.82) is 0 Å². The van der Waals surface area contributed by atoms with E-state index in [2.05, 4.69) is 28.6 Å². The highest BCUT2D eigenvalue weighted by atomic mass is 32.1. The number of aromatic nitrogens is 1. The SMILES string of the molecule is Nc1ccnc2cc(Cc3cccs3)sc12. The molecule has 3 aromatic rings. The summed E-state index contributed by atoms with van der Waals surface area (Å²) in [6, 6.07) is 8.23. The lowest BCUT2D eigenvalue weighted by molar-refractivity contribution is 1.30. The molecule has 0 unspecified atom stereocenters. The molecule has 0 atom stereocenters. The van der Waals surface area contributed by atoms with Crippen LogP contribution < -0.4 is 5.73 Å². The van der Waals surface area contributed by atoms with Gasteiger partial charge in [0.1, 0.15) is 0 Å². The van der Waals surface area contributed by atoms with Gasteiger partial charge in [-0.1, -0.05) is 6.07 Å². The Kier molecular flexibility index (Phi) is 2.38. The topological polar surface area (TPSA) is 38.9 Å². The molecule has 0 saturated heterocycles. The molecule has 0 fully saturated rings. The Hall–Kier alpha value is -1.39. The molecule has 0 bridgehead atoms. The van der Waals surface area contributed by atoms with E-state index < -0.39 is 0 Å². The summed E-state index contributed by atoms with van der Waals surface area (Å²) in [4.78, 5) is 7.03. The molecule has 0 aliphatic heterocycles. The molecule has 2 N–H and O–H groups in total. The normalized spacial score (nSPS) is 11.0. The van der Waals surface area contributed by atoms with Gasteiger partial charge >= 0.3 is 0 Å². The zero-order valence-electron chi connectivity index (χ0n) is 8.51. The van der Waals surface area contributed by atoms with Crippen LogP contribution in [0.5, 0.6) is 0 Å².